The van der Waals surface area contributed by atoms with E-state index >= 15 is 0 Å². The van der Waals surface area contributed by atoms with Gasteiger partial charge in [0, 0.05) is 18.6 Å². The van der Waals surface area contributed by atoms with E-state index in [0.717, 1.165) is 6.08 Å². The SMILES string of the molecule is CCC#COC(=O)C=CC(=O)O. The fourth-order valence-electron chi connectivity index (χ4n) is 0.332. The highest BCUT2D eigenvalue weighted by Gasteiger charge is 1.94. The van der Waals surface area contributed by atoms with Crippen LogP contribution in [0.1, 0.15) is 13.3 Å². The van der Waals surface area contributed by atoms with Crippen LogP contribution in [0.3, 0.4) is 0 Å². The lowest BCUT2D eigenvalue weighted by atomic mass is 10.5. The fraction of sp³-hybridized carbons (Fsp3) is 0.250. The van der Waals surface area contributed by atoms with Gasteiger partial charge >= 0.3 is 11.9 Å². The number of rotatable bonds is 2. The Balaban J connectivity index is 3.82. The summed E-state index contributed by atoms with van der Waals surface area (Å²) >= 11 is 0. The van der Waals surface area contributed by atoms with Crippen LogP contribution in [0.4, 0.5) is 0 Å². The summed E-state index contributed by atoms with van der Waals surface area (Å²) in [7, 11) is 0. The first-order valence-corrected chi connectivity index (χ1v) is 3.26. The molecule has 0 bridgehead atoms. The van der Waals surface area contributed by atoms with Gasteiger partial charge in [0.1, 0.15) is 6.11 Å². The van der Waals surface area contributed by atoms with Crippen LogP contribution in [0.2, 0.25) is 0 Å². The third-order valence-electron chi connectivity index (χ3n) is 0.763. The molecule has 0 atom stereocenters. The van der Waals surface area contributed by atoms with Gasteiger partial charge in [-0.1, -0.05) is 12.8 Å². The standard InChI is InChI=1S/C8H8O4/c1-2-3-6-12-8(11)5-4-7(9)10/h4-5H,2H2,1H3,(H,9,10). The third-order valence-corrected chi connectivity index (χ3v) is 0.763. The first kappa shape index (κ1) is 10.2. The van der Waals surface area contributed by atoms with Crippen molar-refractivity contribution < 1.29 is 19.4 Å². The lowest BCUT2D eigenvalue weighted by Gasteiger charge is -1.85. The van der Waals surface area contributed by atoms with Crippen molar-refractivity contribution in [3.63, 3.8) is 0 Å². The van der Waals surface area contributed by atoms with Gasteiger partial charge in [0.05, 0.1) is 0 Å². The Kier molecular flexibility index (Phi) is 5.11. The number of esters is 1. The first-order valence-electron chi connectivity index (χ1n) is 3.26. The molecule has 0 aliphatic carbocycles. The fourth-order valence-corrected chi connectivity index (χ4v) is 0.332. The predicted octanol–water partition coefficient (Wildman–Crippen LogP) is 0.541. The van der Waals surface area contributed by atoms with E-state index in [-0.39, 0.29) is 0 Å². The van der Waals surface area contributed by atoms with Crippen molar-refractivity contribution in [1.29, 1.82) is 0 Å². The van der Waals surface area contributed by atoms with Crippen LogP contribution >= 0.6 is 0 Å². The summed E-state index contributed by atoms with van der Waals surface area (Å²) in [6.07, 6.45) is 4.18. The largest absolute Gasteiger partial charge is 0.478 e. The van der Waals surface area contributed by atoms with Crippen LogP contribution in [-0.4, -0.2) is 17.0 Å². The molecule has 0 aliphatic rings. The molecule has 0 fully saturated rings. The molecule has 0 amide bonds. The van der Waals surface area contributed by atoms with Gasteiger partial charge in [-0.2, -0.15) is 0 Å². The van der Waals surface area contributed by atoms with Crippen LogP contribution < -0.4 is 0 Å². The van der Waals surface area contributed by atoms with E-state index in [1.165, 1.54) is 0 Å². The lowest BCUT2D eigenvalue weighted by Crippen LogP contribution is -1.96. The van der Waals surface area contributed by atoms with Crippen molar-refractivity contribution >= 4 is 11.9 Å². The van der Waals surface area contributed by atoms with E-state index < -0.39 is 11.9 Å². The molecule has 0 rings (SSSR count). The molecule has 0 spiro atoms. The number of carboxylic acid groups (broad SMARTS) is 1. The van der Waals surface area contributed by atoms with Crippen molar-refractivity contribution in [1.82, 2.24) is 0 Å². The molecule has 0 aliphatic heterocycles. The summed E-state index contributed by atoms with van der Waals surface area (Å²) in [5.41, 5.74) is 0. The van der Waals surface area contributed by atoms with E-state index in [0.29, 0.717) is 12.5 Å². The topological polar surface area (TPSA) is 63.6 Å². The van der Waals surface area contributed by atoms with E-state index in [4.69, 9.17) is 5.11 Å². The lowest BCUT2D eigenvalue weighted by molar-refractivity contribution is -0.134. The first-order chi connectivity index (χ1) is 5.66. The molecule has 12 heavy (non-hydrogen) atoms. The number of carbonyl (C=O) groups is 2. The number of carboxylic acids is 1. The minimum Gasteiger partial charge on any atom is -0.478 e. The molecule has 4 nitrogen and oxygen atoms in total. The van der Waals surface area contributed by atoms with Crippen LogP contribution in [0.5, 0.6) is 0 Å². The van der Waals surface area contributed by atoms with Crippen LogP contribution in [0, 0.1) is 12.0 Å². The van der Waals surface area contributed by atoms with Gasteiger partial charge in [0.25, 0.3) is 0 Å². The highest BCUT2D eigenvalue weighted by atomic mass is 16.5. The molecular weight excluding hydrogens is 160 g/mol. The molecule has 64 valence electrons. The Morgan fingerprint density at radius 1 is 1.50 bits per heavy atom. The van der Waals surface area contributed by atoms with E-state index in [1.54, 1.807) is 6.92 Å². The van der Waals surface area contributed by atoms with Gasteiger partial charge in [-0.05, 0) is 0 Å². The van der Waals surface area contributed by atoms with Crippen molar-refractivity contribution in [3.05, 3.63) is 12.2 Å². The van der Waals surface area contributed by atoms with Gasteiger partial charge in [-0.15, -0.1) is 0 Å². The van der Waals surface area contributed by atoms with Gasteiger partial charge in [0.2, 0.25) is 0 Å². The molecule has 4 heteroatoms. The number of carbonyl (C=O) groups excluding carboxylic acids is 1. The van der Waals surface area contributed by atoms with E-state index in [9.17, 15) is 9.59 Å². The molecule has 0 aromatic carbocycles. The summed E-state index contributed by atoms with van der Waals surface area (Å²) in [5, 5.41) is 8.10. The maximum atomic E-state index is 10.5. The third kappa shape index (κ3) is 6.36. The van der Waals surface area contributed by atoms with Gasteiger partial charge in [-0.3, -0.25) is 0 Å². The number of hydrogen-bond donors (Lipinski definition) is 1. The minimum atomic E-state index is -1.20. The van der Waals surface area contributed by atoms with Crippen molar-refractivity contribution in [3.8, 4) is 12.0 Å². The Labute approximate surface area is 69.8 Å². The summed E-state index contributed by atoms with van der Waals surface area (Å²) in [6.45, 7) is 1.80. The van der Waals surface area contributed by atoms with E-state index in [2.05, 4.69) is 16.8 Å². The zero-order chi connectivity index (χ0) is 9.40. The average Bonchev–Trinajstić information content (AvgIpc) is 2.01. The number of ether oxygens (including phenoxy) is 1. The van der Waals surface area contributed by atoms with Gasteiger partial charge in [-0.25, -0.2) is 9.59 Å². The van der Waals surface area contributed by atoms with Gasteiger partial charge < -0.3 is 9.84 Å². The van der Waals surface area contributed by atoms with Crippen LogP contribution in [0.25, 0.3) is 0 Å². The van der Waals surface area contributed by atoms with Crippen LogP contribution in [-0.2, 0) is 14.3 Å². The Hall–Kier alpha value is -1.76. The predicted molar refractivity (Wildman–Crippen MR) is 40.9 cm³/mol. The highest BCUT2D eigenvalue weighted by Crippen LogP contribution is 1.80. The summed E-state index contributed by atoms with van der Waals surface area (Å²) < 4.78 is 4.28. The van der Waals surface area contributed by atoms with E-state index in [1.807, 2.05) is 0 Å². The second-order valence-electron chi connectivity index (χ2n) is 1.73. The zero-order valence-electron chi connectivity index (χ0n) is 6.53. The average molecular weight is 168 g/mol. The maximum absolute atomic E-state index is 10.5. The normalized spacial score (nSPS) is 8.75. The number of aliphatic carboxylic acids is 1. The van der Waals surface area contributed by atoms with Crippen LogP contribution in [0.15, 0.2) is 12.2 Å². The second-order valence-corrected chi connectivity index (χ2v) is 1.73. The quantitative estimate of drug-likeness (QED) is 0.371. The molecule has 0 saturated carbocycles. The molecule has 1 N–H and O–H groups in total. The minimum absolute atomic E-state index is 0.579. The van der Waals surface area contributed by atoms with Crippen molar-refractivity contribution in [2.24, 2.45) is 0 Å². The summed E-state index contributed by atoms with van der Waals surface area (Å²) in [5.74, 6) is 0.514. The van der Waals surface area contributed by atoms with Crippen molar-refractivity contribution in [2.75, 3.05) is 0 Å². The molecule has 0 radical (unpaired) electrons. The molecule has 0 unspecified atom stereocenters. The second kappa shape index (κ2) is 5.98. The zero-order valence-corrected chi connectivity index (χ0v) is 6.53. The summed E-state index contributed by atoms with van der Waals surface area (Å²) in [6, 6.07) is 0. The smallest absolute Gasteiger partial charge is 0.344 e. The highest BCUT2D eigenvalue weighted by molar-refractivity contribution is 5.91. The number of hydrogen-bond acceptors (Lipinski definition) is 3. The van der Waals surface area contributed by atoms with Gasteiger partial charge in [0.15, 0.2) is 0 Å². The molecule has 0 heterocycles. The van der Waals surface area contributed by atoms with Crippen molar-refractivity contribution in [2.45, 2.75) is 13.3 Å². The molecule has 0 aromatic rings. The maximum Gasteiger partial charge on any atom is 0.344 e. The summed E-state index contributed by atoms with van der Waals surface area (Å²) in [4.78, 5) is 20.5. The molecular formula is C8H8O4. The molecule has 0 aromatic heterocycles. The Bertz CT molecular complexity index is 254. The Morgan fingerprint density at radius 2 is 2.17 bits per heavy atom. The molecule has 0 saturated heterocycles. The monoisotopic (exact) mass is 168 g/mol. The Morgan fingerprint density at radius 3 is 2.67 bits per heavy atom.